The van der Waals surface area contributed by atoms with E-state index >= 15 is 0 Å². The Bertz CT molecular complexity index is 430. The van der Waals surface area contributed by atoms with Crippen LogP contribution in [0.5, 0.6) is 0 Å². The summed E-state index contributed by atoms with van der Waals surface area (Å²) in [5, 5.41) is 10.9. The molecule has 0 spiro atoms. The van der Waals surface area contributed by atoms with Crippen LogP contribution >= 0.6 is 23.1 Å². The zero-order valence-corrected chi connectivity index (χ0v) is 10.6. The number of amides is 2. The molecule has 1 aliphatic rings. The van der Waals surface area contributed by atoms with Crippen LogP contribution in [-0.4, -0.2) is 27.8 Å². The van der Waals surface area contributed by atoms with Gasteiger partial charge in [0.25, 0.3) is 0 Å². The number of nitrogens with zero attached hydrogens (tertiary/aromatic N) is 2. The van der Waals surface area contributed by atoms with Gasteiger partial charge in [0.1, 0.15) is 0 Å². The second-order valence-electron chi connectivity index (χ2n) is 3.75. The van der Waals surface area contributed by atoms with Crippen LogP contribution in [0.1, 0.15) is 19.3 Å². The van der Waals surface area contributed by atoms with Crippen LogP contribution < -0.4 is 11.1 Å². The average Bonchev–Trinajstić information content (AvgIpc) is 2.59. The van der Waals surface area contributed by atoms with Gasteiger partial charge in [0.2, 0.25) is 16.9 Å². The lowest BCUT2D eigenvalue weighted by atomic mass is 9.85. The molecule has 92 valence electrons. The Balaban J connectivity index is 1.84. The van der Waals surface area contributed by atoms with Gasteiger partial charge in [-0.15, -0.1) is 10.2 Å². The standard InChI is InChI=1S/C9H12N4O2S2/c10-6(14)4-16-9-13-12-8(17-9)11-7(15)5-2-1-3-5/h5H,1-4H2,(H2,10,14)(H,11,12,15). The van der Waals surface area contributed by atoms with Gasteiger partial charge in [-0.25, -0.2) is 0 Å². The van der Waals surface area contributed by atoms with Crippen molar-refractivity contribution in [3.8, 4) is 0 Å². The molecular weight excluding hydrogens is 260 g/mol. The largest absolute Gasteiger partial charge is 0.369 e. The maximum absolute atomic E-state index is 11.6. The number of thioether (sulfide) groups is 1. The van der Waals surface area contributed by atoms with Crippen LogP contribution in [0.25, 0.3) is 0 Å². The summed E-state index contributed by atoms with van der Waals surface area (Å²) in [4.78, 5) is 22.2. The van der Waals surface area contributed by atoms with Crippen molar-refractivity contribution >= 4 is 40.0 Å². The van der Waals surface area contributed by atoms with E-state index in [1.54, 1.807) is 0 Å². The fourth-order valence-electron chi connectivity index (χ4n) is 1.33. The molecule has 0 saturated heterocycles. The molecule has 3 N–H and O–H groups in total. The first-order chi connectivity index (χ1) is 8.15. The number of nitrogens with one attached hydrogen (secondary N) is 1. The molecule has 1 saturated carbocycles. The predicted octanol–water partition coefficient (Wildman–Crippen LogP) is 0.854. The first-order valence-electron chi connectivity index (χ1n) is 5.20. The smallest absolute Gasteiger partial charge is 0.229 e. The summed E-state index contributed by atoms with van der Waals surface area (Å²) >= 11 is 2.48. The molecule has 8 heteroatoms. The van der Waals surface area contributed by atoms with Gasteiger partial charge in [0.15, 0.2) is 4.34 Å². The Morgan fingerprint density at radius 1 is 1.47 bits per heavy atom. The summed E-state index contributed by atoms with van der Waals surface area (Å²) in [7, 11) is 0. The molecule has 1 aromatic heterocycles. The number of aromatic nitrogens is 2. The third-order valence-electron chi connectivity index (χ3n) is 2.45. The number of hydrogen-bond donors (Lipinski definition) is 2. The molecule has 1 heterocycles. The summed E-state index contributed by atoms with van der Waals surface area (Å²) < 4.78 is 0.632. The second kappa shape index (κ2) is 5.46. The van der Waals surface area contributed by atoms with Crippen molar-refractivity contribution in [3.05, 3.63) is 0 Å². The van der Waals surface area contributed by atoms with Crippen molar-refractivity contribution in [2.24, 2.45) is 11.7 Å². The topological polar surface area (TPSA) is 98.0 Å². The van der Waals surface area contributed by atoms with Gasteiger partial charge in [-0.05, 0) is 12.8 Å². The number of primary amides is 1. The molecule has 0 aliphatic heterocycles. The predicted molar refractivity (Wildman–Crippen MR) is 65.8 cm³/mol. The van der Waals surface area contributed by atoms with Gasteiger partial charge in [0, 0.05) is 5.92 Å². The van der Waals surface area contributed by atoms with Gasteiger partial charge in [0.05, 0.1) is 5.75 Å². The number of carbonyl (C=O) groups excluding carboxylic acids is 2. The molecule has 0 radical (unpaired) electrons. The average molecular weight is 272 g/mol. The van der Waals surface area contributed by atoms with Crippen molar-refractivity contribution in [2.45, 2.75) is 23.6 Å². The molecular formula is C9H12N4O2S2. The van der Waals surface area contributed by atoms with Gasteiger partial charge >= 0.3 is 0 Å². The number of anilines is 1. The zero-order valence-electron chi connectivity index (χ0n) is 9.01. The molecule has 6 nitrogen and oxygen atoms in total. The van der Waals surface area contributed by atoms with E-state index in [1.807, 2.05) is 0 Å². The van der Waals surface area contributed by atoms with E-state index < -0.39 is 5.91 Å². The van der Waals surface area contributed by atoms with Crippen LogP contribution in [0.2, 0.25) is 0 Å². The van der Waals surface area contributed by atoms with E-state index in [9.17, 15) is 9.59 Å². The fraction of sp³-hybridized carbons (Fsp3) is 0.556. The van der Waals surface area contributed by atoms with Crippen LogP contribution in [0.15, 0.2) is 4.34 Å². The maximum atomic E-state index is 11.6. The van der Waals surface area contributed by atoms with E-state index in [0.717, 1.165) is 19.3 Å². The van der Waals surface area contributed by atoms with Crippen molar-refractivity contribution in [1.29, 1.82) is 0 Å². The molecule has 1 fully saturated rings. The summed E-state index contributed by atoms with van der Waals surface area (Å²) in [6.07, 6.45) is 3.02. The molecule has 0 atom stereocenters. The lowest BCUT2D eigenvalue weighted by Gasteiger charge is -2.23. The lowest BCUT2D eigenvalue weighted by molar-refractivity contribution is -0.122. The van der Waals surface area contributed by atoms with Gasteiger partial charge in [-0.1, -0.05) is 29.5 Å². The highest BCUT2D eigenvalue weighted by molar-refractivity contribution is 8.01. The third-order valence-corrected chi connectivity index (χ3v) is 4.44. The van der Waals surface area contributed by atoms with Crippen LogP contribution in [-0.2, 0) is 9.59 Å². The Morgan fingerprint density at radius 3 is 2.82 bits per heavy atom. The zero-order chi connectivity index (χ0) is 12.3. The lowest BCUT2D eigenvalue weighted by Crippen LogP contribution is -2.27. The van der Waals surface area contributed by atoms with E-state index in [2.05, 4.69) is 15.5 Å². The minimum atomic E-state index is -0.398. The van der Waals surface area contributed by atoms with Gasteiger partial charge in [-0.2, -0.15) is 0 Å². The molecule has 0 unspecified atom stereocenters. The number of rotatable bonds is 5. The van der Waals surface area contributed by atoms with Gasteiger partial charge in [-0.3, -0.25) is 9.59 Å². The number of nitrogens with two attached hydrogens (primary N) is 1. The van der Waals surface area contributed by atoms with Crippen molar-refractivity contribution < 1.29 is 9.59 Å². The molecule has 1 aromatic rings. The van der Waals surface area contributed by atoms with Crippen molar-refractivity contribution in [1.82, 2.24) is 10.2 Å². The summed E-state index contributed by atoms with van der Waals surface area (Å²) in [5.74, 6) is -0.0877. The Labute approximate surface area is 106 Å². The van der Waals surface area contributed by atoms with Crippen LogP contribution in [0, 0.1) is 5.92 Å². The summed E-state index contributed by atoms with van der Waals surface area (Å²) in [6, 6.07) is 0. The molecule has 0 bridgehead atoms. The van der Waals surface area contributed by atoms with Crippen molar-refractivity contribution in [2.75, 3.05) is 11.1 Å². The van der Waals surface area contributed by atoms with Gasteiger partial charge < -0.3 is 11.1 Å². The highest BCUT2D eigenvalue weighted by Crippen LogP contribution is 2.29. The normalized spacial score (nSPS) is 15.3. The van der Waals surface area contributed by atoms with Crippen LogP contribution in [0.3, 0.4) is 0 Å². The SMILES string of the molecule is NC(=O)CSc1nnc(NC(=O)C2CCC2)s1. The summed E-state index contributed by atoms with van der Waals surface area (Å²) in [5.41, 5.74) is 5.02. The first kappa shape index (κ1) is 12.3. The Kier molecular flexibility index (Phi) is 3.95. The molecule has 0 aromatic carbocycles. The fourth-order valence-corrected chi connectivity index (χ4v) is 2.82. The highest BCUT2D eigenvalue weighted by Gasteiger charge is 2.25. The summed E-state index contributed by atoms with van der Waals surface area (Å²) in [6.45, 7) is 0. The molecule has 1 aliphatic carbocycles. The van der Waals surface area contributed by atoms with Crippen molar-refractivity contribution in [3.63, 3.8) is 0 Å². The molecule has 2 amide bonds. The minimum Gasteiger partial charge on any atom is -0.369 e. The van der Waals surface area contributed by atoms with E-state index in [0.29, 0.717) is 9.47 Å². The molecule has 2 rings (SSSR count). The number of carbonyl (C=O) groups is 2. The quantitative estimate of drug-likeness (QED) is 0.612. The second-order valence-corrected chi connectivity index (χ2v) is 5.95. The Morgan fingerprint density at radius 2 is 2.24 bits per heavy atom. The first-order valence-corrected chi connectivity index (χ1v) is 7.01. The number of hydrogen-bond acceptors (Lipinski definition) is 6. The van der Waals surface area contributed by atoms with E-state index in [1.165, 1.54) is 23.1 Å². The maximum Gasteiger partial charge on any atom is 0.229 e. The highest BCUT2D eigenvalue weighted by atomic mass is 32.2. The van der Waals surface area contributed by atoms with E-state index in [4.69, 9.17) is 5.73 Å². The van der Waals surface area contributed by atoms with E-state index in [-0.39, 0.29) is 17.6 Å². The third kappa shape index (κ3) is 3.40. The van der Waals surface area contributed by atoms with Crippen LogP contribution in [0.4, 0.5) is 5.13 Å². The Hall–Kier alpha value is -1.15. The minimum absolute atomic E-state index is 0.0128. The molecule has 17 heavy (non-hydrogen) atoms. The monoisotopic (exact) mass is 272 g/mol.